The maximum Gasteiger partial charge on any atom is 0.257 e. The molecular weight excluding hydrogens is 594 g/mol. The predicted molar refractivity (Wildman–Crippen MR) is 170 cm³/mol. The van der Waals surface area contributed by atoms with Crippen molar-refractivity contribution in [2.75, 3.05) is 5.32 Å². The molecule has 12 heteroatoms. The van der Waals surface area contributed by atoms with Gasteiger partial charge in [-0.05, 0) is 72.1 Å². The van der Waals surface area contributed by atoms with Crippen molar-refractivity contribution in [3.05, 3.63) is 101 Å². The maximum absolute atomic E-state index is 13.7. The number of amides is 2. The van der Waals surface area contributed by atoms with E-state index < -0.39 is 23.3 Å². The van der Waals surface area contributed by atoms with Crippen LogP contribution in [0.15, 0.2) is 77.9 Å². The van der Waals surface area contributed by atoms with Gasteiger partial charge in [-0.1, -0.05) is 43.6 Å². The van der Waals surface area contributed by atoms with Gasteiger partial charge in [-0.3, -0.25) is 19.4 Å². The van der Waals surface area contributed by atoms with Crippen molar-refractivity contribution in [1.29, 1.82) is 0 Å². The summed E-state index contributed by atoms with van der Waals surface area (Å²) in [5.41, 5.74) is 3.90. The largest absolute Gasteiger partial charge is 0.364 e. The van der Waals surface area contributed by atoms with Crippen LogP contribution in [0.25, 0.3) is 22.5 Å². The van der Waals surface area contributed by atoms with E-state index in [1.807, 2.05) is 52.1 Å². The average Bonchev–Trinajstić information content (AvgIpc) is 3.65. The minimum Gasteiger partial charge on any atom is -0.364 e. The Kier molecular flexibility index (Phi) is 8.92. The normalized spacial score (nSPS) is 12.0. The lowest BCUT2D eigenvalue weighted by atomic mass is 9.88. The number of aryl methyl sites for hydroxylation is 2. The Morgan fingerprint density at radius 3 is 2.36 bits per heavy atom. The first-order chi connectivity index (χ1) is 21.4. The number of nitrogens with zero attached hydrogens (tertiary/aromatic N) is 5. The molecule has 0 radical (unpaired) electrons. The lowest BCUT2D eigenvalue weighted by molar-refractivity contribution is -0.118. The van der Waals surface area contributed by atoms with E-state index in [2.05, 4.69) is 31.0 Å². The number of hydrogen-bond donors (Lipinski definition) is 2. The zero-order valence-electron chi connectivity index (χ0n) is 25.5. The second-order valence-electron chi connectivity index (χ2n) is 11.7. The molecule has 3 aromatic heterocycles. The first kappa shape index (κ1) is 31.3. The molecule has 0 aliphatic heterocycles. The van der Waals surface area contributed by atoms with Crippen molar-refractivity contribution in [2.24, 2.45) is 12.5 Å². The Labute approximate surface area is 265 Å². The summed E-state index contributed by atoms with van der Waals surface area (Å²) in [5, 5.41) is 17.9. The Bertz CT molecular complexity index is 1870. The minimum absolute atomic E-state index is 0.0739. The van der Waals surface area contributed by atoms with E-state index in [0.717, 1.165) is 16.7 Å². The molecule has 0 saturated carbocycles. The SMILES string of the molecule is Cc1nocc1C(=O)N[C@@H](Cc1cc(-c2ccnc(C(=O)C(C)(C)C)c2)ccc1Cl)C(=O)Nc1ccc(-c2nncn2C)cc1. The van der Waals surface area contributed by atoms with E-state index in [1.165, 1.54) is 6.26 Å². The van der Waals surface area contributed by atoms with E-state index in [4.69, 9.17) is 16.1 Å². The zero-order chi connectivity index (χ0) is 32.3. The number of nitrogens with one attached hydrogen (secondary N) is 2. The number of aromatic nitrogens is 5. The molecule has 45 heavy (non-hydrogen) atoms. The van der Waals surface area contributed by atoms with Crippen LogP contribution in [-0.2, 0) is 18.3 Å². The van der Waals surface area contributed by atoms with Crippen LogP contribution < -0.4 is 10.6 Å². The Morgan fingerprint density at radius 1 is 1.00 bits per heavy atom. The number of ketones is 1. The number of carbonyl (C=O) groups is 3. The quantitative estimate of drug-likeness (QED) is 0.198. The van der Waals surface area contributed by atoms with Crippen LogP contribution in [-0.4, -0.2) is 48.5 Å². The van der Waals surface area contributed by atoms with Gasteiger partial charge in [0.1, 0.15) is 29.9 Å². The van der Waals surface area contributed by atoms with Crippen molar-refractivity contribution in [2.45, 2.75) is 40.2 Å². The van der Waals surface area contributed by atoms with Gasteiger partial charge in [0.15, 0.2) is 11.6 Å². The highest BCUT2D eigenvalue weighted by atomic mass is 35.5. The monoisotopic (exact) mass is 625 g/mol. The number of Topliss-reactive ketones (excluding diaryl/α,β-unsaturated/α-hetero) is 1. The summed E-state index contributed by atoms with van der Waals surface area (Å²) in [7, 11) is 1.84. The van der Waals surface area contributed by atoms with Gasteiger partial charge >= 0.3 is 0 Å². The second-order valence-corrected chi connectivity index (χ2v) is 12.1. The van der Waals surface area contributed by atoms with Gasteiger partial charge in [0, 0.05) is 41.4 Å². The molecule has 0 bridgehead atoms. The van der Waals surface area contributed by atoms with Crippen LogP contribution >= 0.6 is 11.6 Å². The van der Waals surface area contributed by atoms with Crippen molar-refractivity contribution in [3.63, 3.8) is 0 Å². The van der Waals surface area contributed by atoms with Crippen molar-refractivity contribution in [3.8, 4) is 22.5 Å². The molecule has 230 valence electrons. The number of anilines is 1. The summed E-state index contributed by atoms with van der Waals surface area (Å²) < 4.78 is 6.72. The molecule has 0 fully saturated rings. The summed E-state index contributed by atoms with van der Waals surface area (Å²) >= 11 is 6.63. The number of halogens is 1. The fraction of sp³-hybridized carbons (Fsp3) is 0.242. The minimum atomic E-state index is -1.02. The van der Waals surface area contributed by atoms with Gasteiger partial charge in [-0.15, -0.1) is 10.2 Å². The van der Waals surface area contributed by atoms with Gasteiger partial charge < -0.3 is 19.7 Å². The first-order valence-electron chi connectivity index (χ1n) is 14.2. The third-order valence-corrected chi connectivity index (χ3v) is 7.58. The Morgan fingerprint density at radius 2 is 1.71 bits per heavy atom. The molecule has 5 rings (SSSR count). The molecule has 1 atom stereocenters. The molecule has 0 aliphatic carbocycles. The Hall–Kier alpha value is -5.16. The van der Waals surface area contributed by atoms with Gasteiger partial charge in [-0.2, -0.15) is 0 Å². The number of carbonyl (C=O) groups excluding carboxylic acids is 3. The maximum atomic E-state index is 13.7. The van der Waals surface area contributed by atoms with Crippen LogP contribution in [0.3, 0.4) is 0 Å². The van der Waals surface area contributed by atoms with Gasteiger partial charge in [0.2, 0.25) is 5.91 Å². The molecule has 5 aromatic rings. The summed E-state index contributed by atoms with van der Waals surface area (Å²) in [5.74, 6) is -0.363. The van der Waals surface area contributed by atoms with Crippen molar-refractivity contribution >= 4 is 34.9 Å². The molecule has 0 saturated heterocycles. The number of pyridine rings is 1. The van der Waals surface area contributed by atoms with Crippen LogP contribution in [0.4, 0.5) is 5.69 Å². The zero-order valence-corrected chi connectivity index (χ0v) is 26.2. The average molecular weight is 626 g/mol. The highest BCUT2D eigenvalue weighted by Gasteiger charge is 2.26. The van der Waals surface area contributed by atoms with Gasteiger partial charge in [-0.25, -0.2) is 0 Å². The summed E-state index contributed by atoms with van der Waals surface area (Å²) in [6.45, 7) is 7.17. The van der Waals surface area contributed by atoms with Crippen LogP contribution in [0.2, 0.25) is 5.02 Å². The number of benzene rings is 2. The molecule has 0 unspecified atom stereocenters. The number of hydrogen-bond acceptors (Lipinski definition) is 8. The third-order valence-electron chi connectivity index (χ3n) is 7.22. The smallest absolute Gasteiger partial charge is 0.257 e. The van der Waals surface area contributed by atoms with Gasteiger partial charge in [0.25, 0.3) is 5.91 Å². The van der Waals surface area contributed by atoms with E-state index in [1.54, 1.807) is 54.3 Å². The van der Waals surface area contributed by atoms with E-state index in [9.17, 15) is 14.4 Å². The second kappa shape index (κ2) is 12.8. The molecule has 2 aromatic carbocycles. The fourth-order valence-electron chi connectivity index (χ4n) is 4.68. The molecule has 2 N–H and O–H groups in total. The first-order valence-corrected chi connectivity index (χ1v) is 14.6. The van der Waals surface area contributed by atoms with E-state index in [0.29, 0.717) is 33.5 Å². The van der Waals surface area contributed by atoms with Crippen molar-refractivity contribution < 1.29 is 18.9 Å². The topological polar surface area (TPSA) is 145 Å². The van der Waals surface area contributed by atoms with Crippen molar-refractivity contribution in [1.82, 2.24) is 30.2 Å². The highest BCUT2D eigenvalue weighted by molar-refractivity contribution is 6.31. The fourth-order valence-corrected chi connectivity index (χ4v) is 4.88. The summed E-state index contributed by atoms with van der Waals surface area (Å²) in [4.78, 5) is 44.0. The molecule has 3 heterocycles. The molecule has 2 amide bonds. The van der Waals surface area contributed by atoms with E-state index >= 15 is 0 Å². The molecular formula is C33H32ClN7O4. The highest BCUT2D eigenvalue weighted by Crippen LogP contribution is 2.29. The standard InChI is InChI=1S/C33H32ClN7O4/c1-19-25(17-45-40-19)31(43)38-28(32(44)37-24-9-6-20(7-10-24)30-39-36-18-41(30)5)16-23-14-21(8-11-26(23)34)22-12-13-35-27(15-22)29(42)33(2,3)4/h6-15,17-18,28H,16H2,1-5H3,(H,37,44)(H,38,43)/t28-/m0/s1. The van der Waals surface area contributed by atoms with E-state index in [-0.39, 0.29) is 17.8 Å². The number of rotatable bonds is 9. The lowest BCUT2D eigenvalue weighted by Gasteiger charge is -2.20. The van der Waals surface area contributed by atoms with Crippen LogP contribution in [0.5, 0.6) is 0 Å². The molecule has 11 nitrogen and oxygen atoms in total. The lowest BCUT2D eigenvalue weighted by Crippen LogP contribution is -2.45. The molecule has 0 aliphatic rings. The predicted octanol–water partition coefficient (Wildman–Crippen LogP) is 5.70. The third kappa shape index (κ3) is 7.15. The summed E-state index contributed by atoms with van der Waals surface area (Å²) in [6.07, 6.45) is 4.51. The Balaban J connectivity index is 1.42. The van der Waals surface area contributed by atoms with Crippen LogP contribution in [0.1, 0.15) is 52.9 Å². The summed E-state index contributed by atoms with van der Waals surface area (Å²) in [6, 6.07) is 15.1. The van der Waals surface area contributed by atoms with Gasteiger partial charge in [0.05, 0.1) is 5.69 Å². The molecule has 0 spiro atoms. The van der Waals surface area contributed by atoms with Crippen LogP contribution in [0, 0.1) is 12.3 Å².